The van der Waals surface area contributed by atoms with Gasteiger partial charge in [0.15, 0.2) is 0 Å². The van der Waals surface area contributed by atoms with Crippen LogP contribution in [0, 0.1) is 0 Å². The minimum Gasteiger partial charge on any atom is -0.336 e. The van der Waals surface area contributed by atoms with Crippen LogP contribution in [0.2, 0.25) is 0 Å². The molecule has 0 heterocycles. The Balaban J connectivity index is 1.87. The standard InChI is InChI=1S/C23H33N3O/c1-18(15-23(2,3)21-13-7-6-8-14-21)25-22(27)24-16-19-11-9-10-12-20(19)17-26(4)5/h6-14,18H,15-17H2,1-5H3,(H2,24,25,27)/t18-/m0/s1. The van der Waals surface area contributed by atoms with E-state index in [1.54, 1.807) is 0 Å². The molecule has 4 nitrogen and oxygen atoms in total. The van der Waals surface area contributed by atoms with Crippen LogP contribution in [0.1, 0.15) is 43.9 Å². The summed E-state index contributed by atoms with van der Waals surface area (Å²) < 4.78 is 0. The van der Waals surface area contributed by atoms with Gasteiger partial charge in [-0.25, -0.2) is 4.79 Å². The number of nitrogens with one attached hydrogen (secondary N) is 2. The highest BCUT2D eigenvalue weighted by atomic mass is 16.2. The summed E-state index contributed by atoms with van der Waals surface area (Å²) in [4.78, 5) is 14.5. The Kier molecular flexibility index (Phi) is 7.43. The Morgan fingerprint density at radius 1 is 1.00 bits per heavy atom. The first-order valence-electron chi connectivity index (χ1n) is 9.59. The third kappa shape index (κ3) is 6.72. The van der Waals surface area contributed by atoms with Gasteiger partial charge in [0.25, 0.3) is 0 Å². The van der Waals surface area contributed by atoms with Crippen LogP contribution < -0.4 is 10.6 Å². The van der Waals surface area contributed by atoms with Crippen molar-refractivity contribution in [1.82, 2.24) is 15.5 Å². The second-order valence-electron chi connectivity index (χ2n) is 8.19. The number of rotatable bonds is 8. The minimum absolute atomic E-state index is 0.00622. The zero-order valence-corrected chi connectivity index (χ0v) is 17.3. The predicted octanol–water partition coefficient (Wildman–Crippen LogP) is 4.30. The summed E-state index contributed by atoms with van der Waals surface area (Å²) in [6.07, 6.45) is 0.877. The Labute approximate surface area is 164 Å². The zero-order chi connectivity index (χ0) is 19.9. The van der Waals surface area contributed by atoms with E-state index in [-0.39, 0.29) is 17.5 Å². The molecule has 0 fully saturated rings. The molecule has 2 aromatic carbocycles. The molecule has 0 bridgehead atoms. The summed E-state index contributed by atoms with van der Waals surface area (Å²) in [7, 11) is 4.10. The molecule has 4 heteroatoms. The van der Waals surface area contributed by atoms with Gasteiger partial charge in [0.2, 0.25) is 0 Å². The van der Waals surface area contributed by atoms with Crippen LogP contribution in [0.15, 0.2) is 54.6 Å². The first kappa shape index (κ1) is 21.0. The third-order valence-electron chi connectivity index (χ3n) is 4.79. The predicted molar refractivity (Wildman–Crippen MR) is 113 cm³/mol. The van der Waals surface area contributed by atoms with Gasteiger partial charge in [0.05, 0.1) is 0 Å². The van der Waals surface area contributed by atoms with Gasteiger partial charge in [-0.05, 0) is 49.5 Å². The summed E-state index contributed by atoms with van der Waals surface area (Å²) in [5, 5.41) is 6.08. The van der Waals surface area contributed by atoms with E-state index in [0.717, 1.165) is 18.5 Å². The molecule has 2 amide bonds. The molecule has 27 heavy (non-hydrogen) atoms. The molecule has 1 atom stereocenters. The van der Waals surface area contributed by atoms with E-state index in [9.17, 15) is 4.79 Å². The maximum atomic E-state index is 12.4. The summed E-state index contributed by atoms with van der Waals surface area (Å²) in [5.41, 5.74) is 3.68. The number of hydrogen-bond donors (Lipinski definition) is 2. The van der Waals surface area contributed by atoms with Crippen LogP contribution in [0.3, 0.4) is 0 Å². The number of nitrogens with zero attached hydrogens (tertiary/aromatic N) is 1. The fraction of sp³-hybridized carbons (Fsp3) is 0.435. The molecule has 0 aliphatic carbocycles. The molecular formula is C23H33N3O. The first-order valence-corrected chi connectivity index (χ1v) is 9.59. The molecule has 0 unspecified atom stereocenters. The first-order chi connectivity index (χ1) is 12.8. The molecule has 0 saturated carbocycles. The van der Waals surface area contributed by atoms with Crippen LogP contribution in [-0.2, 0) is 18.5 Å². The lowest BCUT2D eigenvalue weighted by molar-refractivity contribution is 0.234. The molecular weight excluding hydrogens is 334 g/mol. The normalized spacial score (nSPS) is 12.7. The maximum Gasteiger partial charge on any atom is 0.315 e. The number of carbonyl (C=O) groups is 1. The van der Waals surface area contributed by atoms with E-state index >= 15 is 0 Å². The minimum atomic E-state index is -0.119. The maximum absolute atomic E-state index is 12.4. The zero-order valence-electron chi connectivity index (χ0n) is 17.3. The van der Waals surface area contributed by atoms with E-state index in [1.807, 2.05) is 32.3 Å². The van der Waals surface area contributed by atoms with Crippen molar-refractivity contribution < 1.29 is 4.79 Å². The molecule has 0 aliphatic heterocycles. The topological polar surface area (TPSA) is 44.4 Å². The number of benzene rings is 2. The van der Waals surface area contributed by atoms with Crippen LogP contribution in [0.4, 0.5) is 4.79 Å². The Morgan fingerprint density at radius 2 is 1.59 bits per heavy atom. The smallest absolute Gasteiger partial charge is 0.315 e. The van der Waals surface area contributed by atoms with Gasteiger partial charge in [-0.1, -0.05) is 68.4 Å². The lowest BCUT2D eigenvalue weighted by Gasteiger charge is -2.29. The van der Waals surface area contributed by atoms with E-state index in [2.05, 4.69) is 72.7 Å². The second kappa shape index (κ2) is 9.56. The third-order valence-corrected chi connectivity index (χ3v) is 4.79. The lowest BCUT2D eigenvalue weighted by atomic mass is 9.79. The van der Waals surface area contributed by atoms with Gasteiger partial charge >= 0.3 is 6.03 Å². The van der Waals surface area contributed by atoms with Crippen LogP contribution in [-0.4, -0.2) is 31.1 Å². The summed E-state index contributed by atoms with van der Waals surface area (Å²) in [6, 6.07) is 18.6. The Hall–Kier alpha value is -2.33. The average Bonchev–Trinajstić information content (AvgIpc) is 2.60. The van der Waals surface area contributed by atoms with Crippen molar-refractivity contribution in [2.75, 3.05) is 14.1 Å². The van der Waals surface area contributed by atoms with Crippen LogP contribution in [0.5, 0.6) is 0 Å². The van der Waals surface area contributed by atoms with Gasteiger partial charge in [-0.15, -0.1) is 0 Å². The molecule has 0 aliphatic rings. The molecule has 2 aromatic rings. The monoisotopic (exact) mass is 367 g/mol. The van der Waals surface area contributed by atoms with Gasteiger partial charge in [0, 0.05) is 19.1 Å². The SMILES string of the molecule is C[C@@H](CC(C)(C)c1ccccc1)NC(=O)NCc1ccccc1CN(C)C. The Morgan fingerprint density at radius 3 is 2.22 bits per heavy atom. The average molecular weight is 368 g/mol. The van der Waals surface area contributed by atoms with Gasteiger partial charge in [-0.3, -0.25) is 0 Å². The summed E-state index contributed by atoms with van der Waals surface area (Å²) in [6.45, 7) is 7.89. The van der Waals surface area contributed by atoms with Crippen molar-refractivity contribution in [1.29, 1.82) is 0 Å². The summed E-state index contributed by atoms with van der Waals surface area (Å²) in [5.74, 6) is 0. The second-order valence-corrected chi connectivity index (χ2v) is 8.19. The van der Waals surface area contributed by atoms with Crippen molar-refractivity contribution in [2.24, 2.45) is 0 Å². The fourth-order valence-electron chi connectivity index (χ4n) is 3.50. The molecule has 0 saturated heterocycles. The van der Waals surface area contributed by atoms with Crippen LogP contribution >= 0.6 is 0 Å². The number of hydrogen-bond acceptors (Lipinski definition) is 2. The number of amides is 2. The van der Waals surface area contributed by atoms with Crippen molar-refractivity contribution in [3.05, 3.63) is 71.3 Å². The molecule has 146 valence electrons. The van der Waals surface area contributed by atoms with Crippen molar-refractivity contribution >= 4 is 6.03 Å². The van der Waals surface area contributed by atoms with E-state index in [4.69, 9.17) is 0 Å². The lowest BCUT2D eigenvalue weighted by Crippen LogP contribution is -2.42. The van der Waals surface area contributed by atoms with Gasteiger partial charge in [0.1, 0.15) is 0 Å². The molecule has 0 radical (unpaired) electrons. The van der Waals surface area contributed by atoms with Crippen molar-refractivity contribution in [3.63, 3.8) is 0 Å². The van der Waals surface area contributed by atoms with Crippen molar-refractivity contribution in [3.8, 4) is 0 Å². The van der Waals surface area contributed by atoms with E-state index in [1.165, 1.54) is 11.1 Å². The largest absolute Gasteiger partial charge is 0.336 e. The van der Waals surface area contributed by atoms with Crippen molar-refractivity contribution in [2.45, 2.75) is 51.7 Å². The fourth-order valence-corrected chi connectivity index (χ4v) is 3.50. The number of carbonyl (C=O) groups excluding carboxylic acids is 1. The van der Waals surface area contributed by atoms with E-state index < -0.39 is 0 Å². The Bertz CT molecular complexity index is 725. The van der Waals surface area contributed by atoms with Crippen LogP contribution in [0.25, 0.3) is 0 Å². The highest BCUT2D eigenvalue weighted by Gasteiger charge is 2.23. The molecule has 0 aromatic heterocycles. The quantitative estimate of drug-likeness (QED) is 0.730. The molecule has 2 rings (SSSR count). The van der Waals surface area contributed by atoms with E-state index in [0.29, 0.717) is 6.54 Å². The van der Waals surface area contributed by atoms with Gasteiger partial charge in [-0.2, -0.15) is 0 Å². The molecule has 2 N–H and O–H groups in total. The van der Waals surface area contributed by atoms with Gasteiger partial charge < -0.3 is 15.5 Å². The number of urea groups is 1. The summed E-state index contributed by atoms with van der Waals surface area (Å²) >= 11 is 0. The highest BCUT2D eigenvalue weighted by molar-refractivity contribution is 5.74. The highest BCUT2D eigenvalue weighted by Crippen LogP contribution is 2.28. The molecule has 0 spiro atoms.